The molecule has 0 aliphatic carbocycles. The molecule has 0 atom stereocenters. The molecular formula is C24H28N8O. The van der Waals surface area contributed by atoms with Gasteiger partial charge >= 0.3 is 0 Å². The van der Waals surface area contributed by atoms with Crippen molar-refractivity contribution in [3.63, 3.8) is 0 Å². The molecule has 0 aliphatic heterocycles. The number of aromatic nitrogens is 6. The van der Waals surface area contributed by atoms with Crippen LogP contribution in [-0.4, -0.2) is 46.7 Å². The van der Waals surface area contributed by atoms with Crippen LogP contribution in [0.2, 0.25) is 0 Å². The molecule has 9 heteroatoms. The Morgan fingerprint density at radius 2 is 1.91 bits per heavy atom. The Hall–Kier alpha value is -4.01. The third-order valence-electron chi connectivity index (χ3n) is 5.47. The number of hydrogen-bond donors (Lipinski definition) is 3. The van der Waals surface area contributed by atoms with Crippen molar-refractivity contribution in [2.75, 3.05) is 5.32 Å². The fourth-order valence-electron chi connectivity index (χ4n) is 3.52. The zero-order valence-electron chi connectivity index (χ0n) is 19.5. The quantitative estimate of drug-likeness (QED) is 0.406. The fraction of sp³-hybridized carbons (Fsp3) is 0.292. The maximum Gasteiger partial charge on any atom is 0.275 e. The first-order valence-electron chi connectivity index (χ1n) is 10.7. The van der Waals surface area contributed by atoms with E-state index in [4.69, 9.17) is 0 Å². The maximum absolute atomic E-state index is 13.1. The summed E-state index contributed by atoms with van der Waals surface area (Å²) in [6.45, 7) is 10.5. The summed E-state index contributed by atoms with van der Waals surface area (Å²) in [5.74, 6) is 0.399. The van der Waals surface area contributed by atoms with E-state index in [0.717, 1.165) is 33.8 Å². The number of hydrogen-bond acceptors (Lipinski definition) is 6. The highest BCUT2D eigenvalue weighted by Gasteiger charge is 2.29. The average Bonchev–Trinajstić information content (AvgIpc) is 3.44. The molecule has 4 aromatic rings. The Morgan fingerprint density at radius 3 is 2.55 bits per heavy atom. The lowest BCUT2D eigenvalue weighted by Crippen LogP contribution is -2.45. The molecule has 3 heterocycles. The molecular weight excluding hydrogens is 416 g/mol. The van der Waals surface area contributed by atoms with Crippen LogP contribution in [0.1, 0.15) is 48.1 Å². The van der Waals surface area contributed by atoms with Crippen LogP contribution in [0.5, 0.6) is 0 Å². The molecule has 0 aliphatic rings. The van der Waals surface area contributed by atoms with Gasteiger partial charge in [-0.1, -0.05) is 12.1 Å². The van der Waals surface area contributed by atoms with Crippen LogP contribution in [0, 0.1) is 13.8 Å². The molecule has 4 rings (SSSR count). The normalized spacial score (nSPS) is 11.4. The Kier molecular flexibility index (Phi) is 5.95. The molecule has 9 nitrogen and oxygen atoms in total. The zero-order valence-corrected chi connectivity index (χ0v) is 19.5. The number of aryl methyl sites for hydroxylation is 2. The van der Waals surface area contributed by atoms with Crippen molar-refractivity contribution in [2.24, 2.45) is 0 Å². The molecule has 1 aromatic carbocycles. The van der Waals surface area contributed by atoms with Gasteiger partial charge < -0.3 is 10.2 Å². The molecule has 170 valence electrons. The second-order valence-electron chi connectivity index (χ2n) is 8.94. The Balaban J connectivity index is 1.57. The van der Waals surface area contributed by atoms with E-state index in [1.807, 2.05) is 51.7 Å². The second kappa shape index (κ2) is 8.85. The van der Waals surface area contributed by atoms with Crippen LogP contribution in [-0.2, 0) is 6.54 Å². The van der Waals surface area contributed by atoms with Crippen LogP contribution in [0.4, 0.5) is 11.6 Å². The second-order valence-corrected chi connectivity index (χ2v) is 8.94. The van der Waals surface area contributed by atoms with Gasteiger partial charge in [-0.05, 0) is 63.9 Å². The Morgan fingerprint density at radius 1 is 1.09 bits per heavy atom. The summed E-state index contributed by atoms with van der Waals surface area (Å²) in [6.07, 6.45) is 5.16. The summed E-state index contributed by atoms with van der Waals surface area (Å²) in [4.78, 5) is 23.9. The highest BCUT2D eigenvalue weighted by atomic mass is 16.2. The summed E-state index contributed by atoms with van der Waals surface area (Å²) < 4.78 is 0. The molecule has 33 heavy (non-hydrogen) atoms. The van der Waals surface area contributed by atoms with Crippen molar-refractivity contribution in [3.8, 4) is 11.3 Å². The fourth-order valence-corrected chi connectivity index (χ4v) is 3.52. The number of anilines is 2. The van der Waals surface area contributed by atoms with E-state index in [2.05, 4.69) is 47.8 Å². The SMILES string of the molecule is Cc1cc(-c2ccnc(Nc3c[nH]nc3C)n2)ccc1CN(C(=O)c1cc[nH]n1)C(C)(C)C. The monoisotopic (exact) mass is 444 g/mol. The molecule has 0 spiro atoms. The van der Waals surface area contributed by atoms with E-state index in [1.165, 1.54) is 0 Å². The molecule has 0 radical (unpaired) electrons. The van der Waals surface area contributed by atoms with Gasteiger partial charge in [0.05, 0.1) is 17.1 Å². The van der Waals surface area contributed by atoms with Gasteiger partial charge in [0.15, 0.2) is 0 Å². The molecule has 3 N–H and O–H groups in total. The van der Waals surface area contributed by atoms with Crippen molar-refractivity contribution >= 4 is 17.5 Å². The molecule has 0 saturated heterocycles. The van der Waals surface area contributed by atoms with E-state index in [0.29, 0.717) is 18.2 Å². The topological polar surface area (TPSA) is 115 Å². The summed E-state index contributed by atoms with van der Waals surface area (Å²) in [6, 6.07) is 9.74. The average molecular weight is 445 g/mol. The number of carbonyl (C=O) groups is 1. The third kappa shape index (κ3) is 4.92. The van der Waals surface area contributed by atoms with Crippen molar-refractivity contribution in [1.82, 2.24) is 35.3 Å². The lowest BCUT2D eigenvalue weighted by atomic mass is 9.99. The van der Waals surface area contributed by atoms with E-state index in [-0.39, 0.29) is 11.4 Å². The standard InChI is InChI=1S/C24H28N8O/c1-15-12-17(19-8-10-25-23(28-19)29-21-13-27-30-16(21)2)6-7-18(15)14-32(24(3,4)5)22(33)20-9-11-26-31-20/h6-13H,14H2,1-5H3,(H,26,31)(H,27,30)(H,25,28,29). The molecule has 1 amide bonds. The van der Waals surface area contributed by atoms with Crippen molar-refractivity contribution in [3.05, 3.63) is 71.4 Å². The summed E-state index contributed by atoms with van der Waals surface area (Å²) in [5, 5.41) is 16.9. The predicted octanol–water partition coefficient (Wildman–Crippen LogP) is 4.39. The maximum atomic E-state index is 13.1. The number of nitrogens with zero attached hydrogens (tertiary/aromatic N) is 5. The highest BCUT2D eigenvalue weighted by molar-refractivity contribution is 5.92. The number of carbonyl (C=O) groups excluding carboxylic acids is 1. The highest BCUT2D eigenvalue weighted by Crippen LogP contribution is 2.26. The number of rotatable bonds is 6. The van der Waals surface area contributed by atoms with Crippen molar-refractivity contribution in [1.29, 1.82) is 0 Å². The van der Waals surface area contributed by atoms with E-state index in [9.17, 15) is 4.79 Å². The van der Waals surface area contributed by atoms with Gasteiger partial charge in [-0.3, -0.25) is 15.0 Å². The Bertz CT molecular complexity index is 1250. The summed E-state index contributed by atoms with van der Waals surface area (Å²) in [5.41, 5.74) is 5.66. The number of amides is 1. The largest absolute Gasteiger partial charge is 0.328 e. The smallest absolute Gasteiger partial charge is 0.275 e. The van der Waals surface area contributed by atoms with Gasteiger partial charge in [0.25, 0.3) is 5.91 Å². The summed E-state index contributed by atoms with van der Waals surface area (Å²) in [7, 11) is 0. The predicted molar refractivity (Wildman–Crippen MR) is 127 cm³/mol. The minimum atomic E-state index is -0.362. The molecule has 0 fully saturated rings. The molecule has 0 bridgehead atoms. The van der Waals surface area contributed by atoms with Crippen LogP contribution in [0.25, 0.3) is 11.3 Å². The Labute approximate surface area is 192 Å². The van der Waals surface area contributed by atoms with Gasteiger partial charge in [-0.15, -0.1) is 0 Å². The number of H-pyrrole nitrogens is 2. The first-order chi connectivity index (χ1) is 15.7. The van der Waals surface area contributed by atoms with Crippen LogP contribution >= 0.6 is 0 Å². The van der Waals surface area contributed by atoms with Gasteiger partial charge in [0.1, 0.15) is 5.69 Å². The van der Waals surface area contributed by atoms with E-state index in [1.54, 1.807) is 24.7 Å². The van der Waals surface area contributed by atoms with Gasteiger partial charge in [0, 0.05) is 36.2 Å². The van der Waals surface area contributed by atoms with E-state index < -0.39 is 0 Å². The van der Waals surface area contributed by atoms with Gasteiger partial charge in [-0.25, -0.2) is 9.97 Å². The number of benzene rings is 1. The summed E-state index contributed by atoms with van der Waals surface area (Å²) >= 11 is 0. The van der Waals surface area contributed by atoms with Crippen LogP contribution in [0.15, 0.2) is 48.9 Å². The zero-order chi connectivity index (χ0) is 23.6. The lowest BCUT2D eigenvalue weighted by Gasteiger charge is -2.35. The number of nitrogens with one attached hydrogen (secondary N) is 3. The van der Waals surface area contributed by atoms with E-state index >= 15 is 0 Å². The molecule has 3 aromatic heterocycles. The minimum absolute atomic E-state index is 0.103. The van der Waals surface area contributed by atoms with Crippen molar-refractivity contribution < 1.29 is 4.79 Å². The minimum Gasteiger partial charge on any atom is -0.328 e. The lowest BCUT2D eigenvalue weighted by molar-refractivity contribution is 0.0552. The molecule has 0 saturated carbocycles. The van der Waals surface area contributed by atoms with Gasteiger partial charge in [-0.2, -0.15) is 10.2 Å². The molecule has 0 unspecified atom stereocenters. The van der Waals surface area contributed by atoms with Crippen LogP contribution < -0.4 is 5.32 Å². The van der Waals surface area contributed by atoms with Crippen molar-refractivity contribution in [2.45, 2.75) is 46.7 Å². The number of aromatic amines is 2. The van der Waals surface area contributed by atoms with Gasteiger partial charge in [0.2, 0.25) is 5.95 Å². The third-order valence-corrected chi connectivity index (χ3v) is 5.47. The first kappa shape index (κ1) is 22.2. The van der Waals surface area contributed by atoms with Crippen LogP contribution in [0.3, 0.4) is 0 Å². The first-order valence-corrected chi connectivity index (χ1v) is 10.7.